The van der Waals surface area contributed by atoms with E-state index in [1.54, 1.807) is 0 Å². The minimum Gasteiger partial charge on any atom is -0.298 e. The third kappa shape index (κ3) is 3.61. The molecule has 0 amide bonds. The van der Waals surface area contributed by atoms with Gasteiger partial charge in [0.1, 0.15) is 0 Å². The molecule has 0 N–H and O–H groups in total. The average molecular weight is 336 g/mol. The van der Waals surface area contributed by atoms with Gasteiger partial charge in [-0.05, 0) is 59.7 Å². The van der Waals surface area contributed by atoms with Gasteiger partial charge in [-0.3, -0.25) is 4.90 Å². The molecule has 82 valence electrons. The summed E-state index contributed by atoms with van der Waals surface area (Å²) in [6.45, 7) is 3.27. The van der Waals surface area contributed by atoms with Gasteiger partial charge in [0.25, 0.3) is 0 Å². The van der Waals surface area contributed by atoms with Gasteiger partial charge in [0.05, 0.1) is 0 Å². The van der Waals surface area contributed by atoms with E-state index in [-0.39, 0.29) is 0 Å². The van der Waals surface area contributed by atoms with Gasteiger partial charge in [0.2, 0.25) is 0 Å². The molecule has 0 radical (unpaired) electrons. The van der Waals surface area contributed by atoms with E-state index in [2.05, 4.69) is 51.8 Å². The average Bonchev–Trinajstić information content (AvgIpc) is 2.22. The Morgan fingerprint density at radius 2 is 2.07 bits per heavy atom. The summed E-state index contributed by atoms with van der Waals surface area (Å²) in [6, 6.07) is 8.75. The first-order valence-corrected chi connectivity index (χ1v) is 6.86. The Kier molecular flexibility index (Phi) is 4.29. The van der Waals surface area contributed by atoms with Crippen molar-refractivity contribution >= 4 is 34.2 Å². The Balaban J connectivity index is 1.93. The largest absolute Gasteiger partial charge is 0.298 e. The van der Waals surface area contributed by atoms with Crippen LogP contribution in [0.3, 0.4) is 0 Å². The smallest absolute Gasteiger partial charge is 0.0463 e. The number of hydrogen-bond acceptors (Lipinski definition) is 1. The van der Waals surface area contributed by atoms with Crippen molar-refractivity contribution in [1.82, 2.24) is 4.90 Å². The van der Waals surface area contributed by atoms with Crippen molar-refractivity contribution < 1.29 is 0 Å². The molecule has 0 aromatic heterocycles. The molecule has 1 aromatic rings. The standard InChI is InChI=1S/C12H15ClIN/c13-11-2-1-7-15(9-11)8-10-3-5-12(14)6-4-10/h3-6,11H,1-2,7-9H2. The fourth-order valence-electron chi connectivity index (χ4n) is 1.99. The van der Waals surface area contributed by atoms with Gasteiger partial charge in [-0.15, -0.1) is 11.6 Å². The maximum atomic E-state index is 6.16. The van der Waals surface area contributed by atoms with Crippen LogP contribution in [0.25, 0.3) is 0 Å². The van der Waals surface area contributed by atoms with Crippen LogP contribution >= 0.6 is 34.2 Å². The topological polar surface area (TPSA) is 3.24 Å². The zero-order chi connectivity index (χ0) is 10.7. The lowest BCUT2D eigenvalue weighted by Gasteiger charge is -2.29. The van der Waals surface area contributed by atoms with Gasteiger partial charge in [0, 0.05) is 22.0 Å². The van der Waals surface area contributed by atoms with Crippen molar-refractivity contribution in [2.75, 3.05) is 13.1 Å². The third-order valence-electron chi connectivity index (χ3n) is 2.77. The molecule has 1 aliphatic heterocycles. The van der Waals surface area contributed by atoms with Crippen molar-refractivity contribution in [3.05, 3.63) is 33.4 Å². The van der Waals surface area contributed by atoms with Crippen molar-refractivity contribution in [2.24, 2.45) is 0 Å². The Labute approximate surface area is 110 Å². The fraction of sp³-hybridized carbons (Fsp3) is 0.500. The predicted molar refractivity (Wildman–Crippen MR) is 73.3 cm³/mol. The first kappa shape index (κ1) is 11.7. The normalized spacial score (nSPS) is 22.9. The van der Waals surface area contributed by atoms with Crippen LogP contribution in [0, 0.1) is 3.57 Å². The van der Waals surface area contributed by atoms with Crippen LogP contribution < -0.4 is 0 Å². The van der Waals surface area contributed by atoms with Crippen LogP contribution in [0.2, 0.25) is 0 Å². The van der Waals surface area contributed by atoms with Crippen LogP contribution in [0.15, 0.2) is 24.3 Å². The molecule has 2 rings (SSSR count). The number of hydrogen-bond donors (Lipinski definition) is 0. The molecule has 1 atom stereocenters. The molecule has 1 unspecified atom stereocenters. The lowest BCUT2D eigenvalue weighted by Crippen LogP contribution is -2.35. The Morgan fingerprint density at radius 1 is 1.33 bits per heavy atom. The fourth-order valence-corrected chi connectivity index (χ4v) is 2.70. The number of likely N-dealkylation sites (tertiary alicyclic amines) is 1. The molecule has 0 saturated carbocycles. The first-order valence-electron chi connectivity index (χ1n) is 5.35. The second-order valence-electron chi connectivity index (χ2n) is 4.10. The Morgan fingerprint density at radius 3 is 2.73 bits per heavy atom. The molecule has 1 saturated heterocycles. The highest BCUT2D eigenvalue weighted by molar-refractivity contribution is 14.1. The van der Waals surface area contributed by atoms with E-state index >= 15 is 0 Å². The number of benzene rings is 1. The summed E-state index contributed by atoms with van der Waals surface area (Å²) in [4.78, 5) is 2.45. The Hall–Kier alpha value is 0.200. The van der Waals surface area contributed by atoms with E-state index in [9.17, 15) is 0 Å². The summed E-state index contributed by atoms with van der Waals surface area (Å²) in [5.74, 6) is 0. The van der Waals surface area contributed by atoms with Gasteiger partial charge < -0.3 is 0 Å². The van der Waals surface area contributed by atoms with E-state index < -0.39 is 0 Å². The van der Waals surface area contributed by atoms with Crippen LogP contribution in [-0.2, 0) is 6.54 Å². The van der Waals surface area contributed by atoms with E-state index in [0.717, 1.165) is 13.1 Å². The zero-order valence-electron chi connectivity index (χ0n) is 8.63. The van der Waals surface area contributed by atoms with Crippen molar-refractivity contribution in [3.8, 4) is 0 Å². The van der Waals surface area contributed by atoms with Gasteiger partial charge in [-0.25, -0.2) is 0 Å². The molecule has 15 heavy (non-hydrogen) atoms. The van der Waals surface area contributed by atoms with Crippen LogP contribution in [-0.4, -0.2) is 23.4 Å². The highest BCUT2D eigenvalue weighted by Gasteiger charge is 2.17. The molecule has 1 heterocycles. The van der Waals surface area contributed by atoms with Gasteiger partial charge in [-0.1, -0.05) is 12.1 Å². The molecule has 0 bridgehead atoms. The second-order valence-corrected chi connectivity index (χ2v) is 5.96. The van der Waals surface area contributed by atoms with Gasteiger partial charge >= 0.3 is 0 Å². The second kappa shape index (κ2) is 5.51. The molecule has 0 spiro atoms. The molecule has 1 fully saturated rings. The van der Waals surface area contributed by atoms with E-state index in [1.807, 2.05) is 0 Å². The summed E-state index contributed by atoms with van der Waals surface area (Å²) in [5, 5.41) is 0.350. The molecular formula is C12H15ClIN. The highest BCUT2D eigenvalue weighted by Crippen LogP contribution is 2.17. The molecular weight excluding hydrogens is 320 g/mol. The van der Waals surface area contributed by atoms with Crippen molar-refractivity contribution in [3.63, 3.8) is 0 Å². The van der Waals surface area contributed by atoms with Crippen LogP contribution in [0.1, 0.15) is 18.4 Å². The summed E-state index contributed by atoms with van der Waals surface area (Å²) < 4.78 is 1.30. The quantitative estimate of drug-likeness (QED) is 0.591. The monoisotopic (exact) mass is 335 g/mol. The lowest BCUT2D eigenvalue weighted by molar-refractivity contribution is 0.224. The number of nitrogens with zero attached hydrogens (tertiary/aromatic N) is 1. The van der Waals surface area contributed by atoms with Crippen molar-refractivity contribution in [2.45, 2.75) is 24.8 Å². The molecule has 1 aliphatic rings. The number of halogens is 2. The lowest BCUT2D eigenvalue weighted by atomic mass is 10.1. The zero-order valence-corrected chi connectivity index (χ0v) is 11.5. The summed E-state index contributed by atoms with van der Waals surface area (Å²) in [7, 11) is 0. The predicted octanol–water partition coefficient (Wildman–Crippen LogP) is 3.49. The van der Waals surface area contributed by atoms with E-state index in [0.29, 0.717) is 5.38 Å². The minimum atomic E-state index is 0.350. The molecule has 1 aromatic carbocycles. The maximum absolute atomic E-state index is 6.16. The first-order chi connectivity index (χ1) is 7.24. The molecule has 1 nitrogen and oxygen atoms in total. The number of piperidine rings is 1. The van der Waals surface area contributed by atoms with Crippen LogP contribution in [0.5, 0.6) is 0 Å². The van der Waals surface area contributed by atoms with Gasteiger partial charge in [0.15, 0.2) is 0 Å². The number of alkyl halides is 1. The molecule has 0 aliphatic carbocycles. The Bertz CT molecular complexity index is 312. The summed E-state index contributed by atoms with van der Waals surface area (Å²) in [6.07, 6.45) is 2.41. The minimum absolute atomic E-state index is 0.350. The summed E-state index contributed by atoms with van der Waals surface area (Å²) >= 11 is 8.50. The maximum Gasteiger partial charge on any atom is 0.0463 e. The number of rotatable bonds is 2. The van der Waals surface area contributed by atoms with Crippen LogP contribution in [0.4, 0.5) is 0 Å². The van der Waals surface area contributed by atoms with Gasteiger partial charge in [-0.2, -0.15) is 0 Å². The summed E-state index contributed by atoms with van der Waals surface area (Å²) in [5.41, 5.74) is 1.39. The van der Waals surface area contributed by atoms with E-state index in [4.69, 9.17) is 11.6 Å². The molecule has 3 heteroatoms. The van der Waals surface area contributed by atoms with Crippen molar-refractivity contribution in [1.29, 1.82) is 0 Å². The third-order valence-corrected chi connectivity index (χ3v) is 3.84. The SMILES string of the molecule is ClC1CCCN(Cc2ccc(I)cc2)C1. The van der Waals surface area contributed by atoms with E-state index in [1.165, 1.54) is 28.5 Å². The highest BCUT2D eigenvalue weighted by atomic mass is 127.